The first-order valence-electron chi connectivity index (χ1n) is 7.09. The lowest BCUT2D eigenvalue weighted by molar-refractivity contribution is 0.183. The first kappa shape index (κ1) is 13.6. The molecule has 21 heavy (non-hydrogen) atoms. The van der Waals surface area contributed by atoms with Crippen molar-refractivity contribution in [3.8, 4) is 5.82 Å². The number of aromatic nitrogens is 3. The molecule has 0 aliphatic carbocycles. The lowest BCUT2D eigenvalue weighted by Gasteiger charge is -2.11. The van der Waals surface area contributed by atoms with Crippen LogP contribution in [0.2, 0.25) is 0 Å². The molecule has 0 bridgehead atoms. The maximum atomic E-state index is 9.61. The van der Waals surface area contributed by atoms with Gasteiger partial charge < -0.3 is 10.4 Å². The number of hydrogen-bond donors (Lipinski definition) is 2. The third-order valence-corrected chi connectivity index (χ3v) is 3.42. The lowest BCUT2D eigenvalue weighted by atomic mass is 10.3. The van der Waals surface area contributed by atoms with Gasteiger partial charge in [0.05, 0.1) is 17.1 Å². The van der Waals surface area contributed by atoms with Gasteiger partial charge in [-0.2, -0.15) is 0 Å². The molecule has 0 radical (unpaired) electrons. The highest BCUT2D eigenvalue weighted by Crippen LogP contribution is 2.17. The zero-order chi connectivity index (χ0) is 14.7. The molecule has 108 valence electrons. The average Bonchev–Trinajstić information content (AvgIpc) is 2.97. The fourth-order valence-corrected chi connectivity index (χ4v) is 2.16. The monoisotopic (exact) mass is 282 g/mol. The van der Waals surface area contributed by atoms with Crippen molar-refractivity contribution < 1.29 is 5.11 Å². The number of imidazole rings is 1. The molecule has 3 rings (SSSR count). The first-order valence-corrected chi connectivity index (χ1v) is 7.09. The van der Waals surface area contributed by atoms with Gasteiger partial charge in [0.25, 0.3) is 0 Å². The van der Waals surface area contributed by atoms with Crippen LogP contribution in [-0.4, -0.2) is 32.3 Å². The molecule has 5 nitrogen and oxygen atoms in total. The van der Waals surface area contributed by atoms with E-state index in [1.165, 1.54) is 0 Å². The van der Waals surface area contributed by atoms with Crippen LogP contribution >= 0.6 is 0 Å². The molecule has 0 aliphatic heterocycles. The van der Waals surface area contributed by atoms with Gasteiger partial charge in [-0.3, -0.25) is 4.57 Å². The predicted octanol–water partition coefficient (Wildman–Crippen LogP) is 2.60. The van der Waals surface area contributed by atoms with Gasteiger partial charge in [0.2, 0.25) is 0 Å². The van der Waals surface area contributed by atoms with Crippen LogP contribution in [0.25, 0.3) is 16.9 Å². The van der Waals surface area contributed by atoms with Crippen molar-refractivity contribution in [2.24, 2.45) is 0 Å². The zero-order valence-corrected chi connectivity index (χ0v) is 11.9. The Balaban J connectivity index is 1.89. The number of hydrogen-bond acceptors (Lipinski definition) is 4. The van der Waals surface area contributed by atoms with Gasteiger partial charge in [0.1, 0.15) is 18.0 Å². The molecule has 0 unspecified atom stereocenters. The van der Waals surface area contributed by atoms with E-state index in [4.69, 9.17) is 0 Å². The molecule has 2 N–H and O–H groups in total. The number of benzene rings is 1. The van der Waals surface area contributed by atoms with Crippen LogP contribution in [0.3, 0.4) is 0 Å². The van der Waals surface area contributed by atoms with Crippen molar-refractivity contribution in [3.05, 3.63) is 48.8 Å². The molecule has 0 amide bonds. The standard InChI is InChI=1S/C16H18N4O/c1-2-12(21)10-17-15-8-5-9-16(19-15)20-11-18-13-6-3-4-7-14(13)20/h3-9,11-12,21H,2,10H2,1H3,(H,17,19)/t12-/m0/s1. The Morgan fingerprint density at radius 3 is 2.90 bits per heavy atom. The van der Waals surface area contributed by atoms with E-state index < -0.39 is 0 Å². The smallest absolute Gasteiger partial charge is 0.140 e. The topological polar surface area (TPSA) is 63.0 Å². The Kier molecular flexibility index (Phi) is 3.83. The second kappa shape index (κ2) is 5.93. The number of aliphatic hydroxyl groups is 1. The Bertz CT molecular complexity index is 738. The number of aliphatic hydroxyl groups excluding tert-OH is 1. The molecule has 0 fully saturated rings. The number of anilines is 1. The summed E-state index contributed by atoms with van der Waals surface area (Å²) in [5.74, 6) is 1.55. The quantitative estimate of drug-likeness (QED) is 0.755. The minimum atomic E-state index is -0.357. The van der Waals surface area contributed by atoms with Crippen LogP contribution in [-0.2, 0) is 0 Å². The second-order valence-electron chi connectivity index (χ2n) is 4.93. The SMILES string of the molecule is CC[C@H](O)CNc1cccc(-n2cnc3ccccc32)n1. The van der Waals surface area contributed by atoms with Gasteiger partial charge >= 0.3 is 0 Å². The van der Waals surface area contributed by atoms with Crippen LogP contribution < -0.4 is 5.32 Å². The number of pyridine rings is 1. The Labute approximate surface area is 123 Å². The summed E-state index contributed by atoms with van der Waals surface area (Å²) in [5.41, 5.74) is 1.97. The molecule has 1 atom stereocenters. The van der Waals surface area contributed by atoms with E-state index in [9.17, 15) is 5.11 Å². The van der Waals surface area contributed by atoms with Gasteiger partial charge in [0, 0.05) is 6.54 Å². The molecule has 0 saturated heterocycles. The summed E-state index contributed by atoms with van der Waals surface area (Å²) in [6.07, 6.45) is 2.14. The molecule has 2 aromatic heterocycles. The van der Waals surface area contributed by atoms with Gasteiger partial charge in [-0.1, -0.05) is 25.1 Å². The van der Waals surface area contributed by atoms with E-state index in [0.29, 0.717) is 6.54 Å². The molecule has 0 saturated carbocycles. The number of nitrogens with zero attached hydrogens (tertiary/aromatic N) is 3. The zero-order valence-electron chi connectivity index (χ0n) is 11.9. The number of para-hydroxylation sites is 2. The fourth-order valence-electron chi connectivity index (χ4n) is 2.16. The maximum Gasteiger partial charge on any atom is 0.140 e. The molecule has 2 heterocycles. The van der Waals surface area contributed by atoms with Crippen molar-refractivity contribution in [2.75, 3.05) is 11.9 Å². The fraction of sp³-hybridized carbons (Fsp3) is 0.250. The van der Waals surface area contributed by atoms with E-state index in [-0.39, 0.29) is 6.10 Å². The molecule has 5 heteroatoms. The largest absolute Gasteiger partial charge is 0.391 e. The average molecular weight is 282 g/mol. The van der Waals surface area contributed by atoms with Crippen molar-refractivity contribution >= 4 is 16.9 Å². The summed E-state index contributed by atoms with van der Waals surface area (Å²) in [6.45, 7) is 2.45. The predicted molar refractivity (Wildman–Crippen MR) is 83.7 cm³/mol. The maximum absolute atomic E-state index is 9.61. The van der Waals surface area contributed by atoms with E-state index >= 15 is 0 Å². The van der Waals surface area contributed by atoms with E-state index in [0.717, 1.165) is 29.1 Å². The van der Waals surface area contributed by atoms with Crippen LogP contribution in [0.15, 0.2) is 48.8 Å². The Morgan fingerprint density at radius 2 is 2.05 bits per heavy atom. The molecule has 0 spiro atoms. The third-order valence-electron chi connectivity index (χ3n) is 3.42. The normalized spacial score (nSPS) is 12.5. The molecule has 1 aromatic carbocycles. The van der Waals surface area contributed by atoms with Crippen molar-refractivity contribution in [1.29, 1.82) is 0 Å². The highest BCUT2D eigenvalue weighted by Gasteiger charge is 2.06. The minimum absolute atomic E-state index is 0.357. The molecule has 0 aliphatic rings. The highest BCUT2D eigenvalue weighted by molar-refractivity contribution is 5.76. The number of rotatable bonds is 5. The van der Waals surface area contributed by atoms with E-state index in [2.05, 4.69) is 15.3 Å². The summed E-state index contributed by atoms with van der Waals surface area (Å²) < 4.78 is 1.96. The second-order valence-corrected chi connectivity index (χ2v) is 4.93. The van der Waals surface area contributed by atoms with Crippen LogP contribution in [0, 0.1) is 0 Å². The third kappa shape index (κ3) is 2.87. The lowest BCUT2D eigenvalue weighted by Crippen LogP contribution is -2.18. The summed E-state index contributed by atoms with van der Waals surface area (Å²) in [7, 11) is 0. The first-order chi connectivity index (χ1) is 10.3. The van der Waals surface area contributed by atoms with Gasteiger partial charge in [-0.25, -0.2) is 9.97 Å². The summed E-state index contributed by atoms with van der Waals surface area (Å²) in [4.78, 5) is 8.95. The molecular weight excluding hydrogens is 264 g/mol. The van der Waals surface area contributed by atoms with Gasteiger partial charge in [-0.05, 0) is 30.7 Å². The highest BCUT2D eigenvalue weighted by atomic mass is 16.3. The summed E-state index contributed by atoms with van der Waals surface area (Å²) in [6, 6.07) is 13.7. The van der Waals surface area contributed by atoms with E-state index in [1.807, 2.05) is 54.0 Å². The number of fused-ring (bicyclic) bond motifs is 1. The minimum Gasteiger partial charge on any atom is -0.391 e. The van der Waals surface area contributed by atoms with Gasteiger partial charge in [-0.15, -0.1) is 0 Å². The van der Waals surface area contributed by atoms with Crippen LogP contribution in [0.1, 0.15) is 13.3 Å². The molecular formula is C16H18N4O. The molecule has 3 aromatic rings. The number of nitrogens with one attached hydrogen (secondary N) is 1. The van der Waals surface area contributed by atoms with Crippen LogP contribution in [0.5, 0.6) is 0 Å². The van der Waals surface area contributed by atoms with Crippen molar-refractivity contribution in [2.45, 2.75) is 19.4 Å². The summed E-state index contributed by atoms with van der Waals surface area (Å²) >= 11 is 0. The summed E-state index contributed by atoms with van der Waals surface area (Å²) in [5, 5.41) is 12.8. The Hall–Kier alpha value is -2.40. The van der Waals surface area contributed by atoms with Crippen molar-refractivity contribution in [1.82, 2.24) is 14.5 Å². The van der Waals surface area contributed by atoms with E-state index in [1.54, 1.807) is 6.33 Å². The van der Waals surface area contributed by atoms with Gasteiger partial charge in [0.15, 0.2) is 0 Å². The van der Waals surface area contributed by atoms with Crippen LogP contribution in [0.4, 0.5) is 5.82 Å². The van der Waals surface area contributed by atoms with Crippen molar-refractivity contribution in [3.63, 3.8) is 0 Å². The Morgan fingerprint density at radius 1 is 1.19 bits per heavy atom.